The number of likely N-dealkylation sites (tertiary alicyclic amines) is 1. The van der Waals surface area contributed by atoms with Crippen LogP contribution in [0.5, 0.6) is 0 Å². The van der Waals surface area contributed by atoms with E-state index in [9.17, 15) is 0 Å². The second kappa shape index (κ2) is 12.4. The summed E-state index contributed by atoms with van der Waals surface area (Å²) in [5, 5.41) is 13.3. The number of rotatable bonds is 8. The van der Waals surface area contributed by atoms with Crippen molar-refractivity contribution < 1.29 is 0 Å². The van der Waals surface area contributed by atoms with Crippen molar-refractivity contribution in [1.82, 2.24) is 25.0 Å². The van der Waals surface area contributed by atoms with Crippen molar-refractivity contribution >= 4 is 41.7 Å². The molecule has 8 heteroatoms. The Morgan fingerprint density at radius 2 is 1.90 bits per heavy atom. The molecule has 0 bridgehead atoms. The van der Waals surface area contributed by atoms with Crippen molar-refractivity contribution in [3.63, 3.8) is 0 Å². The first-order chi connectivity index (χ1) is 13.6. The van der Waals surface area contributed by atoms with Gasteiger partial charge in [-0.25, -0.2) is 0 Å². The van der Waals surface area contributed by atoms with Crippen LogP contribution >= 0.6 is 35.7 Å². The number of hydrogen-bond acceptors (Lipinski definition) is 4. The van der Waals surface area contributed by atoms with Crippen LogP contribution in [-0.4, -0.2) is 58.1 Å². The maximum Gasteiger partial charge on any atom is 0.193 e. The Morgan fingerprint density at radius 1 is 1.21 bits per heavy atom. The van der Waals surface area contributed by atoms with Crippen LogP contribution in [0.25, 0.3) is 0 Å². The lowest BCUT2D eigenvalue weighted by atomic mass is 9.82. The molecule has 1 aliphatic heterocycles. The van der Waals surface area contributed by atoms with E-state index in [1.807, 2.05) is 0 Å². The molecule has 6 nitrogen and oxygen atoms in total. The van der Waals surface area contributed by atoms with Gasteiger partial charge < -0.3 is 14.8 Å². The molecule has 1 aromatic heterocycles. The summed E-state index contributed by atoms with van der Waals surface area (Å²) in [5.41, 5.74) is 0. The van der Waals surface area contributed by atoms with Crippen molar-refractivity contribution in [3.05, 3.63) is 5.82 Å². The summed E-state index contributed by atoms with van der Waals surface area (Å²) in [6.45, 7) is 11.8. The first-order valence-electron chi connectivity index (χ1n) is 11.1. The van der Waals surface area contributed by atoms with Gasteiger partial charge in [-0.2, -0.15) is 0 Å². The van der Waals surface area contributed by atoms with E-state index in [4.69, 9.17) is 4.99 Å². The fourth-order valence-electron chi connectivity index (χ4n) is 4.63. The van der Waals surface area contributed by atoms with E-state index in [1.165, 1.54) is 38.8 Å². The van der Waals surface area contributed by atoms with Gasteiger partial charge in [0.2, 0.25) is 0 Å². The molecule has 1 aliphatic carbocycles. The molecule has 2 aliphatic rings. The van der Waals surface area contributed by atoms with Crippen LogP contribution in [0.2, 0.25) is 0 Å². The SMILES string of the molecule is CCNC(=NCCCc1nnc(SC)n1CC(C)C)N1CC2CCCCC2C1.I. The summed E-state index contributed by atoms with van der Waals surface area (Å²) in [6, 6.07) is 0. The van der Waals surface area contributed by atoms with Gasteiger partial charge in [-0.15, -0.1) is 34.2 Å². The van der Waals surface area contributed by atoms with Gasteiger partial charge >= 0.3 is 0 Å². The molecule has 2 fully saturated rings. The molecule has 1 N–H and O–H groups in total. The summed E-state index contributed by atoms with van der Waals surface area (Å²) in [6.07, 6.45) is 9.67. The van der Waals surface area contributed by atoms with E-state index in [0.717, 1.165) is 61.3 Å². The van der Waals surface area contributed by atoms with Crippen molar-refractivity contribution in [2.75, 3.05) is 32.4 Å². The van der Waals surface area contributed by atoms with Gasteiger partial charge in [0.15, 0.2) is 11.1 Å². The number of halogens is 1. The Labute approximate surface area is 198 Å². The zero-order valence-electron chi connectivity index (χ0n) is 18.6. The number of nitrogens with zero attached hydrogens (tertiary/aromatic N) is 5. The van der Waals surface area contributed by atoms with E-state index in [0.29, 0.717) is 5.92 Å². The average molecular weight is 535 g/mol. The molecule has 0 spiro atoms. The van der Waals surface area contributed by atoms with Gasteiger partial charge in [-0.05, 0) is 50.2 Å². The van der Waals surface area contributed by atoms with Crippen molar-refractivity contribution in [1.29, 1.82) is 0 Å². The lowest BCUT2D eigenvalue weighted by molar-refractivity contribution is 0.299. The highest BCUT2D eigenvalue weighted by Gasteiger charge is 2.35. The Bertz CT molecular complexity index is 633. The van der Waals surface area contributed by atoms with Gasteiger partial charge in [-0.3, -0.25) is 4.99 Å². The highest BCUT2D eigenvalue weighted by molar-refractivity contribution is 14.0. The normalized spacial score (nSPS) is 22.0. The first kappa shape index (κ1) is 24.8. The summed E-state index contributed by atoms with van der Waals surface area (Å²) < 4.78 is 2.29. The molecule has 2 unspecified atom stereocenters. The number of thioether (sulfide) groups is 1. The Kier molecular flexibility index (Phi) is 10.6. The Balaban J connectivity index is 0.00000300. The summed E-state index contributed by atoms with van der Waals surface area (Å²) in [5.74, 6) is 4.59. The fourth-order valence-corrected chi connectivity index (χ4v) is 5.15. The minimum absolute atomic E-state index is 0. The van der Waals surface area contributed by atoms with Gasteiger partial charge in [0, 0.05) is 39.1 Å². The molecule has 3 rings (SSSR count). The Hall–Kier alpha value is -0.510. The van der Waals surface area contributed by atoms with E-state index in [1.54, 1.807) is 11.8 Å². The van der Waals surface area contributed by atoms with Gasteiger partial charge in [0.1, 0.15) is 5.82 Å². The zero-order valence-corrected chi connectivity index (χ0v) is 21.7. The quantitative estimate of drug-likeness (QED) is 0.177. The lowest BCUT2D eigenvalue weighted by Crippen LogP contribution is -2.40. The number of nitrogens with one attached hydrogen (secondary N) is 1. The molecule has 1 aromatic rings. The van der Waals surface area contributed by atoms with Crippen molar-refractivity contribution in [2.24, 2.45) is 22.7 Å². The van der Waals surface area contributed by atoms with Crippen LogP contribution < -0.4 is 5.32 Å². The summed E-state index contributed by atoms with van der Waals surface area (Å²) in [7, 11) is 0. The monoisotopic (exact) mass is 534 g/mol. The molecule has 0 radical (unpaired) electrons. The van der Waals surface area contributed by atoms with Crippen LogP contribution in [0.4, 0.5) is 0 Å². The Morgan fingerprint density at radius 3 is 2.48 bits per heavy atom. The zero-order chi connectivity index (χ0) is 19.9. The topological polar surface area (TPSA) is 58.3 Å². The molecule has 0 amide bonds. The molecule has 166 valence electrons. The van der Waals surface area contributed by atoms with E-state index in [2.05, 4.69) is 52.0 Å². The maximum absolute atomic E-state index is 4.95. The van der Waals surface area contributed by atoms with Gasteiger partial charge in [-0.1, -0.05) is 38.5 Å². The van der Waals surface area contributed by atoms with E-state index >= 15 is 0 Å². The highest BCUT2D eigenvalue weighted by atomic mass is 127. The minimum atomic E-state index is 0. The third-order valence-electron chi connectivity index (χ3n) is 5.95. The number of fused-ring (bicyclic) bond motifs is 1. The molecule has 0 aromatic carbocycles. The maximum atomic E-state index is 4.95. The third-order valence-corrected chi connectivity index (χ3v) is 6.62. The molecule has 2 atom stereocenters. The largest absolute Gasteiger partial charge is 0.357 e. The predicted octanol–water partition coefficient (Wildman–Crippen LogP) is 4.29. The molecular weight excluding hydrogens is 495 g/mol. The number of guanidine groups is 1. The van der Waals surface area contributed by atoms with Crippen LogP contribution in [0.15, 0.2) is 10.1 Å². The van der Waals surface area contributed by atoms with Crippen molar-refractivity contribution in [2.45, 2.75) is 71.0 Å². The number of hydrogen-bond donors (Lipinski definition) is 1. The third kappa shape index (κ3) is 6.74. The summed E-state index contributed by atoms with van der Waals surface area (Å²) in [4.78, 5) is 7.47. The van der Waals surface area contributed by atoms with Gasteiger partial charge in [0.25, 0.3) is 0 Å². The first-order valence-corrected chi connectivity index (χ1v) is 12.3. The molecule has 29 heavy (non-hydrogen) atoms. The number of aromatic nitrogens is 3. The van der Waals surface area contributed by atoms with Crippen molar-refractivity contribution in [3.8, 4) is 0 Å². The molecule has 1 saturated carbocycles. The highest BCUT2D eigenvalue weighted by Crippen LogP contribution is 2.35. The van der Waals surface area contributed by atoms with Gasteiger partial charge in [0.05, 0.1) is 0 Å². The standard InChI is InChI=1S/C21H38N6S.HI/c1-5-22-20(26-14-17-9-6-7-10-18(17)15-26)23-12-8-11-19-24-25-21(28-4)27(19)13-16(2)3;/h16-18H,5-15H2,1-4H3,(H,22,23);1H. The van der Waals surface area contributed by atoms with Crippen LogP contribution in [-0.2, 0) is 13.0 Å². The smallest absolute Gasteiger partial charge is 0.193 e. The minimum Gasteiger partial charge on any atom is -0.357 e. The van der Waals surface area contributed by atoms with E-state index in [-0.39, 0.29) is 24.0 Å². The second-order valence-electron chi connectivity index (χ2n) is 8.66. The second-order valence-corrected chi connectivity index (χ2v) is 9.43. The van der Waals surface area contributed by atoms with Crippen LogP contribution in [0.3, 0.4) is 0 Å². The lowest BCUT2D eigenvalue weighted by Gasteiger charge is -2.22. The van der Waals surface area contributed by atoms with Crippen LogP contribution in [0.1, 0.15) is 58.7 Å². The molecule has 2 heterocycles. The number of aliphatic imine (C=N–C) groups is 1. The predicted molar refractivity (Wildman–Crippen MR) is 133 cm³/mol. The summed E-state index contributed by atoms with van der Waals surface area (Å²) >= 11 is 1.68. The number of aryl methyl sites for hydroxylation is 1. The van der Waals surface area contributed by atoms with Crippen LogP contribution in [0, 0.1) is 17.8 Å². The molecule has 1 saturated heterocycles. The molecular formula is C21H39IN6S. The van der Waals surface area contributed by atoms with E-state index < -0.39 is 0 Å². The average Bonchev–Trinajstić information content (AvgIpc) is 3.27. The fraction of sp³-hybridized carbons (Fsp3) is 0.857.